The molecule has 0 heterocycles. The molecule has 0 saturated carbocycles. The standard InChI is InChI=1S/C18H27NO3/c1-14(2)16(12-15-8-4-3-5-9-15)13-19-17(20)10-6-7-11-18(21)22/h3-5,8-9,14,16H,6-7,10-13H2,1-2H3,(H,19,20)(H,21,22). The van der Waals surface area contributed by atoms with Crippen LogP contribution in [0.15, 0.2) is 30.3 Å². The minimum Gasteiger partial charge on any atom is -0.481 e. The molecule has 1 unspecified atom stereocenters. The molecular weight excluding hydrogens is 278 g/mol. The van der Waals surface area contributed by atoms with Gasteiger partial charge in [0.25, 0.3) is 0 Å². The first-order chi connectivity index (χ1) is 10.5. The average molecular weight is 305 g/mol. The molecule has 2 N–H and O–H groups in total. The highest BCUT2D eigenvalue weighted by Crippen LogP contribution is 2.16. The van der Waals surface area contributed by atoms with E-state index in [-0.39, 0.29) is 12.3 Å². The number of hydrogen-bond donors (Lipinski definition) is 2. The van der Waals surface area contributed by atoms with Gasteiger partial charge in [-0.15, -0.1) is 0 Å². The van der Waals surface area contributed by atoms with E-state index >= 15 is 0 Å². The number of unbranched alkanes of at least 4 members (excludes halogenated alkanes) is 1. The Morgan fingerprint density at radius 1 is 1.09 bits per heavy atom. The molecule has 0 aromatic heterocycles. The Balaban J connectivity index is 2.32. The Hall–Kier alpha value is -1.84. The van der Waals surface area contributed by atoms with Crippen LogP contribution in [0.3, 0.4) is 0 Å². The number of carbonyl (C=O) groups excluding carboxylic acids is 1. The highest BCUT2D eigenvalue weighted by molar-refractivity contribution is 5.75. The molecule has 0 aliphatic rings. The first-order valence-corrected chi connectivity index (χ1v) is 8.01. The maximum atomic E-state index is 11.8. The fraction of sp³-hybridized carbons (Fsp3) is 0.556. The zero-order chi connectivity index (χ0) is 16.4. The SMILES string of the molecule is CC(C)C(CNC(=O)CCCCC(=O)O)Cc1ccccc1. The van der Waals surface area contributed by atoms with E-state index < -0.39 is 5.97 Å². The van der Waals surface area contributed by atoms with E-state index in [2.05, 4.69) is 31.3 Å². The third-order valence-electron chi connectivity index (χ3n) is 3.89. The Morgan fingerprint density at radius 3 is 2.32 bits per heavy atom. The van der Waals surface area contributed by atoms with Gasteiger partial charge >= 0.3 is 5.97 Å². The molecule has 0 saturated heterocycles. The molecule has 0 bridgehead atoms. The smallest absolute Gasteiger partial charge is 0.303 e. The van der Waals surface area contributed by atoms with Crippen molar-refractivity contribution in [3.8, 4) is 0 Å². The van der Waals surface area contributed by atoms with E-state index in [9.17, 15) is 9.59 Å². The lowest BCUT2D eigenvalue weighted by Gasteiger charge is -2.21. The molecule has 1 aromatic rings. The predicted molar refractivity (Wildman–Crippen MR) is 87.6 cm³/mol. The van der Waals surface area contributed by atoms with E-state index in [0.717, 1.165) is 6.42 Å². The second-order valence-electron chi connectivity index (χ2n) is 6.10. The summed E-state index contributed by atoms with van der Waals surface area (Å²) in [5.74, 6) is 0.116. The molecule has 122 valence electrons. The molecule has 0 fully saturated rings. The number of aliphatic carboxylic acids is 1. The van der Waals surface area contributed by atoms with Gasteiger partial charge in [0.1, 0.15) is 0 Å². The van der Waals surface area contributed by atoms with Gasteiger partial charge in [-0.1, -0.05) is 44.2 Å². The number of nitrogens with one attached hydrogen (secondary N) is 1. The lowest BCUT2D eigenvalue weighted by atomic mass is 9.89. The molecule has 1 rings (SSSR count). The Kier molecular flexibility index (Phi) is 8.26. The minimum absolute atomic E-state index is 0.0177. The minimum atomic E-state index is -0.803. The van der Waals surface area contributed by atoms with Gasteiger partial charge in [0.05, 0.1) is 0 Å². The van der Waals surface area contributed by atoms with E-state index in [1.165, 1.54) is 5.56 Å². The predicted octanol–water partition coefficient (Wildman–Crippen LogP) is 3.26. The normalized spacial score (nSPS) is 12.1. The van der Waals surface area contributed by atoms with Crippen molar-refractivity contribution in [1.29, 1.82) is 0 Å². The highest BCUT2D eigenvalue weighted by Gasteiger charge is 2.15. The molecule has 1 amide bonds. The van der Waals surface area contributed by atoms with Gasteiger partial charge in [0.15, 0.2) is 0 Å². The number of hydrogen-bond acceptors (Lipinski definition) is 2. The zero-order valence-electron chi connectivity index (χ0n) is 13.5. The monoisotopic (exact) mass is 305 g/mol. The van der Waals surface area contributed by atoms with Crippen molar-refractivity contribution in [2.75, 3.05) is 6.54 Å². The topological polar surface area (TPSA) is 66.4 Å². The van der Waals surface area contributed by atoms with Crippen LogP contribution in [0.2, 0.25) is 0 Å². The first kappa shape index (κ1) is 18.2. The zero-order valence-corrected chi connectivity index (χ0v) is 13.5. The van der Waals surface area contributed by atoms with E-state index in [1.807, 2.05) is 18.2 Å². The van der Waals surface area contributed by atoms with Gasteiger partial charge < -0.3 is 10.4 Å². The van der Waals surface area contributed by atoms with Crippen LogP contribution in [0, 0.1) is 11.8 Å². The summed E-state index contributed by atoms with van der Waals surface area (Å²) in [6.07, 6.45) is 2.68. The second-order valence-corrected chi connectivity index (χ2v) is 6.10. The van der Waals surface area contributed by atoms with Crippen LogP contribution in [0.1, 0.15) is 45.1 Å². The van der Waals surface area contributed by atoms with Crippen molar-refractivity contribution in [3.63, 3.8) is 0 Å². The van der Waals surface area contributed by atoms with Gasteiger partial charge in [0.2, 0.25) is 5.91 Å². The largest absolute Gasteiger partial charge is 0.481 e. The number of carboxylic acid groups (broad SMARTS) is 1. The van der Waals surface area contributed by atoms with Crippen LogP contribution < -0.4 is 5.32 Å². The molecule has 0 aliphatic heterocycles. The maximum absolute atomic E-state index is 11.8. The van der Waals surface area contributed by atoms with Crippen LogP contribution >= 0.6 is 0 Å². The lowest BCUT2D eigenvalue weighted by molar-refractivity contribution is -0.137. The van der Waals surface area contributed by atoms with Crippen LogP contribution in [0.25, 0.3) is 0 Å². The summed E-state index contributed by atoms with van der Waals surface area (Å²) >= 11 is 0. The molecule has 0 spiro atoms. The number of carboxylic acids is 1. The number of benzene rings is 1. The summed E-state index contributed by atoms with van der Waals surface area (Å²) < 4.78 is 0. The van der Waals surface area contributed by atoms with E-state index in [0.29, 0.717) is 37.6 Å². The fourth-order valence-corrected chi connectivity index (χ4v) is 2.36. The highest BCUT2D eigenvalue weighted by atomic mass is 16.4. The second kappa shape index (κ2) is 9.98. The summed E-state index contributed by atoms with van der Waals surface area (Å²) in [5, 5.41) is 11.5. The summed E-state index contributed by atoms with van der Waals surface area (Å²) in [4.78, 5) is 22.2. The van der Waals surface area contributed by atoms with Gasteiger partial charge in [-0.3, -0.25) is 9.59 Å². The van der Waals surface area contributed by atoms with Crippen molar-refractivity contribution in [3.05, 3.63) is 35.9 Å². The summed E-state index contributed by atoms with van der Waals surface area (Å²) in [7, 11) is 0. The Bertz CT molecular complexity index is 457. The Morgan fingerprint density at radius 2 is 1.73 bits per heavy atom. The molecule has 0 radical (unpaired) electrons. The van der Waals surface area contributed by atoms with Gasteiger partial charge in [0, 0.05) is 19.4 Å². The van der Waals surface area contributed by atoms with Crippen LogP contribution in [0.4, 0.5) is 0 Å². The average Bonchev–Trinajstić information content (AvgIpc) is 2.48. The van der Waals surface area contributed by atoms with Crippen molar-refractivity contribution < 1.29 is 14.7 Å². The summed E-state index contributed by atoms with van der Waals surface area (Å²) in [6, 6.07) is 10.3. The third kappa shape index (κ3) is 7.81. The number of carbonyl (C=O) groups is 2. The summed E-state index contributed by atoms with van der Waals surface area (Å²) in [6.45, 7) is 5.02. The molecule has 0 aliphatic carbocycles. The lowest BCUT2D eigenvalue weighted by Crippen LogP contribution is -2.32. The van der Waals surface area contributed by atoms with Crippen molar-refractivity contribution in [1.82, 2.24) is 5.32 Å². The van der Waals surface area contributed by atoms with Crippen molar-refractivity contribution >= 4 is 11.9 Å². The molecular formula is C18H27NO3. The van der Waals surface area contributed by atoms with E-state index in [1.54, 1.807) is 0 Å². The van der Waals surface area contributed by atoms with Crippen LogP contribution in [-0.4, -0.2) is 23.5 Å². The van der Waals surface area contributed by atoms with Gasteiger partial charge in [-0.05, 0) is 36.7 Å². The molecule has 4 nitrogen and oxygen atoms in total. The molecule has 4 heteroatoms. The number of rotatable bonds is 10. The van der Waals surface area contributed by atoms with Crippen LogP contribution in [0.5, 0.6) is 0 Å². The van der Waals surface area contributed by atoms with Gasteiger partial charge in [-0.25, -0.2) is 0 Å². The summed E-state index contributed by atoms with van der Waals surface area (Å²) in [5.41, 5.74) is 1.29. The number of amides is 1. The van der Waals surface area contributed by atoms with Gasteiger partial charge in [-0.2, -0.15) is 0 Å². The van der Waals surface area contributed by atoms with E-state index in [4.69, 9.17) is 5.11 Å². The fourth-order valence-electron chi connectivity index (χ4n) is 2.36. The first-order valence-electron chi connectivity index (χ1n) is 8.01. The van der Waals surface area contributed by atoms with Crippen LogP contribution in [-0.2, 0) is 16.0 Å². The molecule has 22 heavy (non-hydrogen) atoms. The molecule has 1 atom stereocenters. The third-order valence-corrected chi connectivity index (χ3v) is 3.89. The maximum Gasteiger partial charge on any atom is 0.303 e. The van der Waals surface area contributed by atoms with Crippen molar-refractivity contribution in [2.45, 2.75) is 46.0 Å². The molecule has 1 aromatic carbocycles. The Labute approximate surface area is 132 Å². The van der Waals surface area contributed by atoms with Crippen molar-refractivity contribution in [2.24, 2.45) is 11.8 Å². The quantitative estimate of drug-likeness (QED) is 0.652.